The van der Waals surface area contributed by atoms with Gasteiger partial charge >= 0.3 is 0 Å². The Balaban J connectivity index is 1.60. The van der Waals surface area contributed by atoms with E-state index < -0.39 is 0 Å². The average molecular weight is 526 g/mol. The predicted molar refractivity (Wildman–Crippen MR) is 150 cm³/mol. The fraction of sp³-hybridized carbons (Fsp3) is 0.345. The highest BCUT2D eigenvalue weighted by Crippen LogP contribution is 2.28. The number of imidazole rings is 1. The van der Waals surface area contributed by atoms with Crippen molar-refractivity contribution in [1.82, 2.24) is 14.0 Å². The normalized spacial score (nSPS) is 11.5. The Morgan fingerprint density at radius 1 is 0.833 bits per heavy atom. The number of fused-ring (bicyclic) bond motifs is 1. The van der Waals surface area contributed by atoms with E-state index >= 15 is 0 Å². The van der Waals surface area contributed by atoms with Gasteiger partial charge in [-0.05, 0) is 67.9 Å². The second kappa shape index (κ2) is 12.0. The van der Waals surface area contributed by atoms with E-state index in [-0.39, 0.29) is 0 Å². The summed E-state index contributed by atoms with van der Waals surface area (Å²) in [4.78, 5) is 2.39. The molecule has 1 aromatic heterocycles. The number of benzene rings is 3. The Morgan fingerprint density at radius 3 is 2.22 bits per heavy atom. The third kappa shape index (κ3) is 5.97. The first-order chi connectivity index (χ1) is 17.4. The lowest BCUT2D eigenvalue weighted by Gasteiger charge is -2.18. The molecule has 0 fully saturated rings. The minimum atomic E-state index is 0.501. The SMILES string of the molecule is CCN(CC)CCn1c(=N)n(CCCOc2ccc(Cl)cc2Cl)c2ccc(-c3ccc(C)cc3)cc21. The van der Waals surface area contributed by atoms with Gasteiger partial charge in [-0.15, -0.1) is 0 Å². The first kappa shape index (κ1) is 26.3. The van der Waals surface area contributed by atoms with Crippen molar-refractivity contribution in [3.8, 4) is 16.9 Å². The lowest BCUT2D eigenvalue weighted by atomic mass is 10.0. The van der Waals surface area contributed by atoms with Crippen LogP contribution in [0.3, 0.4) is 0 Å². The topological polar surface area (TPSA) is 46.2 Å². The van der Waals surface area contributed by atoms with Crippen LogP contribution in [0.4, 0.5) is 0 Å². The van der Waals surface area contributed by atoms with Crippen LogP contribution in [-0.4, -0.2) is 40.3 Å². The number of ether oxygens (including phenoxy) is 1. The van der Waals surface area contributed by atoms with E-state index in [0.717, 1.165) is 49.2 Å². The quantitative estimate of drug-likeness (QED) is 0.214. The molecule has 7 heteroatoms. The van der Waals surface area contributed by atoms with Crippen LogP contribution in [0.1, 0.15) is 25.8 Å². The minimum Gasteiger partial charge on any atom is -0.492 e. The van der Waals surface area contributed by atoms with Crippen LogP contribution in [0.2, 0.25) is 10.0 Å². The zero-order valence-electron chi connectivity index (χ0n) is 21.2. The number of hydrogen-bond acceptors (Lipinski definition) is 3. The van der Waals surface area contributed by atoms with E-state index in [9.17, 15) is 0 Å². The number of aromatic nitrogens is 2. The summed E-state index contributed by atoms with van der Waals surface area (Å²) < 4.78 is 10.1. The Bertz CT molecular complexity index is 1370. The average Bonchev–Trinajstić information content (AvgIpc) is 3.14. The van der Waals surface area contributed by atoms with Gasteiger partial charge in [-0.1, -0.05) is 72.9 Å². The van der Waals surface area contributed by atoms with Crippen LogP contribution in [0, 0.1) is 12.3 Å². The zero-order chi connectivity index (χ0) is 25.7. The van der Waals surface area contributed by atoms with Crippen LogP contribution in [0.15, 0.2) is 60.7 Å². The monoisotopic (exact) mass is 524 g/mol. The van der Waals surface area contributed by atoms with Crippen LogP contribution in [-0.2, 0) is 13.1 Å². The molecule has 0 unspecified atom stereocenters. The summed E-state index contributed by atoms with van der Waals surface area (Å²) >= 11 is 12.2. The van der Waals surface area contributed by atoms with Gasteiger partial charge in [0.05, 0.1) is 22.7 Å². The van der Waals surface area contributed by atoms with Crippen molar-refractivity contribution in [1.29, 1.82) is 5.41 Å². The molecule has 3 aromatic carbocycles. The van der Waals surface area contributed by atoms with Gasteiger partial charge in [0.15, 0.2) is 0 Å². The molecule has 0 spiro atoms. The summed E-state index contributed by atoms with van der Waals surface area (Å²) in [6.07, 6.45) is 0.754. The molecule has 0 radical (unpaired) electrons. The molecule has 0 saturated carbocycles. The highest BCUT2D eigenvalue weighted by Gasteiger charge is 2.13. The predicted octanol–water partition coefficient (Wildman–Crippen LogP) is 7.02. The van der Waals surface area contributed by atoms with Gasteiger partial charge in [0, 0.05) is 24.7 Å². The van der Waals surface area contributed by atoms with E-state index in [0.29, 0.717) is 34.6 Å². The molecule has 4 rings (SSSR count). The van der Waals surface area contributed by atoms with Gasteiger partial charge in [0.2, 0.25) is 5.62 Å². The largest absolute Gasteiger partial charge is 0.492 e. The van der Waals surface area contributed by atoms with Crippen molar-refractivity contribution in [3.63, 3.8) is 0 Å². The van der Waals surface area contributed by atoms with Gasteiger partial charge in [-0.25, -0.2) is 0 Å². The molecule has 4 aromatic rings. The van der Waals surface area contributed by atoms with Crippen molar-refractivity contribution in [2.75, 3.05) is 26.2 Å². The lowest BCUT2D eigenvalue weighted by molar-refractivity contribution is 0.287. The van der Waals surface area contributed by atoms with Gasteiger partial charge in [0.25, 0.3) is 0 Å². The second-order valence-electron chi connectivity index (χ2n) is 9.00. The molecule has 5 nitrogen and oxygen atoms in total. The fourth-order valence-electron chi connectivity index (χ4n) is 4.50. The van der Waals surface area contributed by atoms with Crippen molar-refractivity contribution >= 4 is 34.2 Å². The Morgan fingerprint density at radius 2 is 1.53 bits per heavy atom. The van der Waals surface area contributed by atoms with Gasteiger partial charge in [-0.3, -0.25) is 5.41 Å². The molecule has 36 heavy (non-hydrogen) atoms. The lowest BCUT2D eigenvalue weighted by Crippen LogP contribution is -2.32. The van der Waals surface area contributed by atoms with Crippen molar-refractivity contribution < 1.29 is 4.74 Å². The molecule has 0 aliphatic heterocycles. The third-order valence-corrected chi connectivity index (χ3v) is 7.20. The van der Waals surface area contributed by atoms with E-state index in [1.54, 1.807) is 18.2 Å². The van der Waals surface area contributed by atoms with Gasteiger partial charge < -0.3 is 18.8 Å². The molecule has 0 atom stereocenters. The summed E-state index contributed by atoms with van der Waals surface area (Å²) in [7, 11) is 0. The molecule has 0 amide bonds. The first-order valence-corrected chi connectivity index (χ1v) is 13.3. The second-order valence-corrected chi connectivity index (χ2v) is 9.84. The standard InChI is InChI=1S/C29H34Cl2N4O/c1-4-33(5-2)16-17-35-27-19-23(22-9-7-21(3)8-10-22)11-13-26(27)34(29(35)32)15-6-18-36-28-14-12-24(30)20-25(28)31/h7-14,19-20,32H,4-6,15-18H2,1-3H3. The first-order valence-electron chi connectivity index (χ1n) is 12.6. The number of nitrogens with zero attached hydrogens (tertiary/aromatic N) is 3. The number of likely N-dealkylation sites (N-methyl/N-ethyl adjacent to an activating group) is 1. The smallest absolute Gasteiger partial charge is 0.203 e. The summed E-state index contributed by atoms with van der Waals surface area (Å²) in [6, 6.07) is 20.4. The molecule has 0 aliphatic rings. The van der Waals surface area contributed by atoms with Crippen molar-refractivity contribution in [2.24, 2.45) is 0 Å². The third-order valence-electron chi connectivity index (χ3n) is 6.67. The molecule has 1 heterocycles. The zero-order valence-corrected chi connectivity index (χ0v) is 22.7. The molecular formula is C29H34Cl2N4O. The van der Waals surface area contributed by atoms with Crippen LogP contribution in [0.5, 0.6) is 5.75 Å². The Hall–Kier alpha value is -2.73. The number of nitrogens with one attached hydrogen (secondary N) is 1. The number of rotatable bonds is 11. The van der Waals surface area contributed by atoms with Crippen LogP contribution in [0.25, 0.3) is 22.2 Å². The molecule has 190 valence electrons. The van der Waals surface area contributed by atoms with Crippen molar-refractivity contribution in [3.05, 3.63) is 81.9 Å². The van der Waals surface area contributed by atoms with Crippen LogP contribution < -0.4 is 10.4 Å². The summed E-state index contributed by atoms with van der Waals surface area (Å²) in [5, 5.41) is 10.1. The van der Waals surface area contributed by atoms with Crippen molar-refractivity contribution in [2.45, 2.75) is 40.3 Å². The molecule has 0 aliphatic carbocycles. The van der Waals surface area contributed by atoms with Crippen LogP contribution >= 0.6 is 23.2 Å². The molecule has 0 saturated heterocycles. The Labute approximate surface area is 223 Å². The highest BCUT2D eigenvalue weighted by atomic mass is 35.5. The fourth-order valence-corrected chi connectivity index (χ4v) is 4.96. The highest BCUT2D eigenvalue weighted by molar-refractivity contribution is 6.35. The minimum absolute atomic E-state index is 0.501. The maximum Gasteiger partial charge on any atom is 0.203 e. The Kier molecular flexibility index (Phi) is 8.78. The molecular weight excluding hydrogens is 491 g/mol. The number of halogens is 2. The van der Waals surface area contributed by atoms with Gasteiger partial charge in [-0.2, -0.15) is 0 Å². The number of aryl methyl sites for hydroxylation is 2. The summed E-state index contributed by atoms with van der Waals surface area (Å²) in [6.45, 7) is 11.3. The summed E-state index contributed by atoms with van der Waals surface area (Å²) in [5.41, 5.74) is 6.27. The molecule has 1 N–H and O–H groups in total. The summed E-state index contributed by atoms with van der Waals surface area (Å²) in [5.74, 6) is 0.626. The number of hydrogen-bond donors (Lipinski definition) is 1. The maximum atomic E-state index is 9.02. The van der Waals surface area contributed by atoms with E-state index in [1.165, 1.54) is 11.1 Å². The van der Waals surface area contributed by atoms with E-state index in [1.807, 2.05) is 0 Å². The van der Waals surface area contributed by atoms with E-state index in [2.05, 4.69) is 77.3 Å². The molecule has 0 bridgehead atoms. The van der Waals surface area contributed by atoms with Gasteiger partial charge in [0.1, 0.15) is 5.75 Å². The van der Waals surface area contributed by atoms with E-state index in [4.69, 9.17) is 33.3 Å². The maximum absolute atomic E-state index is 9.02.